The van der Waals surface area contributed by atoms with Crippen molar-refractivity contribution >= 4 is 11.6 Å². The fraction of sp³-hybridized carbons (Fsp3) is 0.0769. The molecule has 0 fully saturated rings. The highest BCUT2D eigenvalue weighted by Gasteiger charge is 2.07. The van der Waals surface area contributed by atoms with Gasteiger partial charge in [0.05, 0.1) is 5.02 Å². The fourth-order valence-corrected chi connectivity index (χ4v) is 1.63. The quantitative estimate of drug-likeness (QED) is 0.902. The van der Waals surface area contributed by atoms with Crippen LogP contribution in [0.2, 0.25) is 5.02 Å². The molecule has 0 unspecified atom stereocenters. The standard InChI is InChI=1S/C13H11ClFNO/c14-11-3-1-2-4-13(11)17-12-6-5-10(15)7-9(12)8-16/h1-7H,8,16H2. The summed E-state index contributed by atoms with van der Waals surface area (Å²) in [4.78, 5) is 0. The maximum Gasteiger partial charge on any atom is 0.146 e. The molecule has 88 valence electrons. The zero-order valence-corrected chi connectivity index (χ0v) is 9.75. The van der Waals surface area contributed by atoms with E-state index in [9.17, 15) is 4.39 Å². The Bertz CT molecular complexity index is 531. The second-order valence-electron chi connectivity index (χ2n) is 3.49. The van der Waals surface area contributed by atoms with Crippen LogP contribution in [-0.4, -0.2) is 0 Å². The van der Waals surface area contributed by atoms with Gasteiger partial charge in [0.25, 0.3) is 0 Å². The first kappa shape index (κ1) is 11.9. The maximum absolute atomic E-state index is 13.0. The Hall–Kier alpha value is -1.58. The van der Waals surface area contributed by atoms with Gasteiger partial charge in [-0.05, 0) is 30.3 Å². The minimum absolute atomic E-state index is 0.206. The maximum atomic E-state index is 13.0. The summed E-state index contributed by atoms with van der Waals surface area (Å²) < 4.78 is 18.6. The predicted molar refractivity (Wildman–Crippen MR) is 65.8 cm³/mol. The molecule has 0 spiro atoms. The molecule has 2 aromatic carbocycles. The fourth-order valence-electron chi connectivity index (χ4n) is 1.45. The van der Waals surface area contributed by atoms with E-state index in [1.165, 1.54) is 12.1 Å². The van der Waals surface area contributed by atoms with Gasteiger partial charge in [0.15, 0.2) is 0 Å². The van der Waals surface area contributed by atoms with Crippen molar-refractivity contribution in [1.29, 1.82) is 0 Å². The minimum Gasteiger partial charge on any atom is -0.455 e. The molecule has 2 aromatic rings. The van der Waals surface area contributed by atoms with Gasteiger partial charge in [0, 0.05) is 12.1 Å². The van der Waals surface area contributed by atoms with Gasteiger partial charge in [0.2, 0.25) is 0 Å². The van der Waals surface area contributed by atoms with Crippen LogP contribution in [0, 0.1) is 5.82 Å². The second-order valence-corrected chi connectivity index (χ2v) is 3.90. The highest BCUT2D eigenvalue weighted by atomic mass is 35.5. The van der Waals surface area contributed by atoms with Crippen LogP contribution in [0.5, 0.6) is 11.5 Å². The van der Waals surface area contributed by atoms with E-state index < -0.39 is 0 Å². The Kier molecular flexibility index (Phi) is 3.61. The third kappa shape index (κ3) is 2.75. The number of nitrogens with two attached hydrogens (primary N) is 1. The molecule has 0 radical (unpaired) electrons. The van der Waals surface area contributed by atoms with Gasteiger partial charge in [-0.3, -0.25) is 0 Å². The molecular formula is C13H11ClFNO. The first-order chi connectivity index (χ1) is 8.20. The number of para-hydroxylation sites is 1. The molecule has 0 saturated carbocycles. The molecule has 2 N–H and O–H groups in total. The Morgan fingerprint density at radius 1 is 1.12 bits per heavy atom. The van der Waals surface area contributed by atoms with Gasteiger partial charge in [-0.15, -0.1) is 0 Å². The van der Waals surface area contributed by atoms with Crippen LogP contribution < -0.4 is 10.5 Å². The summed E-state index contributed by atoms with van der Waals surface area (Å²) in [5.41, 5.74) is 6.13. The van der Waals surface area contributed by atoms with Gasteiger partial charge >= 0.3 is 0 Å². The molecule has 0 aromatic heterocycles. The average molecular weight is 252 g/mol. The summed E-state index contributed by atoms with van der Waals surface area (Å²) in [7, 11) is 0. The van der Waals surface area contributed by atoms with Crippen molar-refractivity contribution in [3.05, 3.63) is 58.9 Å². The lowest BCUT2D eigenvalue weighted by Gasteiger charge is -2.11. The van der Waals surface area contributed by atoms with Gasteiger partial charge in [-0.1, -0.05) is 23.7 Å². The van der Waals surface area contributed by atoms with Gasteiger partial charge in [-0.25, -0.2) is 4.39 Å². The zero-order valence-electron chi connectivity index (χ0n) is 8.99. The van der Waals surface area contributed by atoms with E-state index in [2.05, 4.69) is 0 Å². The van der Waals surface area contributed by atoms with Crippen LogP contribution in [0.15, 0.2) is 42.5 Å². The minimum atomic E-state index is -0.336. The molecule has 0 amide bonds. The van der Waals surface area contributed by atoms with Crippen molar-refractivity contribution in [2.75, 3.05) is 0 Å². The van der Waals surface area contributed by atoms with Crippen molar-refractivity contribution in [3.8, 4) is 11.5 Å². The zero-order chi connectivity index (χ0) is 12.3. The number of ether oxygens (including phenoxy) is 1. The van der Waals surface area contributed by atoms with Crippen molar-refractivity contribution in [2.24, 2.45) is 5.73 Å². The van der Waals surface area contributed by atoms with E-state index in [1.54, 1.807) is 18.2 Å². The molecule has 0 bridgehead atoms. The number of benzene rings is 2. The average Bonchev–Trinajstić information content (AvgIpc) is 2.34. The molecule has 17 heavy (non-hydrogen) atoms. The molecule has 0 atom stereocenters. The lowest BCUT2D eigenvalue weighted by Crippen LogP contribution is -2.00. The molecule has 0 aliphatic heterocycles. The summed E-state index contributed by atoms with van der Waals surface area (Å²) in [6, 6.07) is 11.3. The van der Waals surface area contributed by atoms with E-state index in [0.29, 0.717) is 22.1 Å². The van der Waals surface area contributed by atoms with Crippen molar-refractivity contribution < 1.29 is 9.13 Å². The Balaban J connectivity index is 2.33. The lowest BCUT2D eigenvalue weighted by atomic mass is 10.2. The molecule has 0 saturated heterocycles. The van der Waals surface area contributed by atoms with Crippen LogP contribution in [0.25, 0.3) is 0 Å². The summed E-state index contributed by atoms with van der Waals surface area (Å²) in [5, 5.41) is 0.500. The van der Waals surface area contributed by atoms with Crippen LogP contribution in [0.1, 0.15) is 5.56 Å². The third-order valence-corrected chi connectivity index (χ3v) is 2.61. The Labute approximate surface area is 104 Å². The first-order valence-corrected chi connectivity index (χ1v) is 5.49. The largest absolute Gasteiger partial charge is 0.455 e. The number of rotatable bonds is 3. The Morgan fingerprint density at radius 3 is 2.59 bits per heavy atom. The molecule has 2 rings (SSSR count). The number of halogens is 2. The number of hydrogen-bond acceptors (Lipinski definition) is 2. The van der Waals surface area contributed by atoms with Crippen molar-refractivity contribution in [2.45, 2.75) is 6.54 Å². The van der Waals surface area contributed by atoms with Crippen LogP contribution >= 0.6 is 11.6 Å². The van der Waals surface area contributed by atoms with E-state index in [1.807, 2.05) is 12.1 Å². The SMILES string of the molecule is NCc1cc(F)ccc1Oc1ccccc1Cl. The van der Waals surface area contributed by atoms with Crippen molar-refractivity contribution in [1.82, 2.24) is 0 Å². The molecular weight excluding hydrogens is 241 g/mol. The Morgan fingerprint density at radius 2 is 1.88 bits per heavy atom. The molecule has 0 heterocycles. The highest BCUT2D eigenvalue weighted by molar-refractivity contribution is 6.32. The summed E-state index contributed by atoms with van der Waals surface area (Å²) in [6.07, 6.45) is 0. The van der Waals surface area contributed by atoms with E-state index in [0.717, 1.165) is 0 Å². The van der Waals surface area contributed by atoms with E-state index >= 15 is 0 Å². The normalized spacial score (nSPS) is 10.3. The molecule has 2 nitrogen and oxygen atoms in total. The van der Waals surface area contributed by atoms with Gasteiger partial charge < -0.3 is 10.5 Å². The molecule has 0 aliphatic rings. The first-order valence-electron chi connectivity index (χ1n) is 5.11. The van der Waals surface area contributed by atoms with E-state index in [-0.39, 0.29) is 12.4 Å². The van der Waals surface area contributed by atoms with Crippen LogP contribution in [0.3, 0.4) is 0 Å². The smallest absolute Gasteiger partial charge is 0.146 e. The summed E-state index contributed by atoms with van der Waals surface area (Å²) >= 11 is 5.97. The predicted octanol–water partition coefficient (Wildman–Crippen LogP) is 3.73. The summed E-state index contributed by atoms with van der Waals surface area (Å²) in [5.74, 6) is 0.703. The molecule has 4 heteroatoms. The monoisotopic (exact) mass is 251 g/mol. The number of hydrogen-bond donors (Lipinski definition) is 1. The van der Waals surface area contributed by atoms with Crippen molar-refractivity contribution in [3.63, 3.8) is 0 Å². The van der Waals surface area contributed by atoms with Gasteiger partial charge in [0.1, 0.15) is 17.3 Å². The second kappa shape index (κ2) is 5.17. The molecule has 0 aliphatic carbocycles. The third-order valence-electron chi connectivity index (χ3n) is 2.30. The lowest BCUT2D eigenvalue weighted by molar-refractivity contribution is 0.474. The van der Waals surface area contributed by atoms with Crippen LogP contribution in [0.4, 0.5) is 4.39 Å². The van der Waals surface area contributed by atoms with Gasteiger partial charge in [-0.2, -0.15) is 0 Å². The van der Waals surface area contributed by atoms with E-state index in [4.69, 9.17) is 22.1 Å². The van der Waals surface area contributed by atoms with Crippen LogP contribution in [-0.2, 0) is 6.54 Å². The topological polar surface area (TPSA) is 35.2 Å². The summed E-state index contributed by atoms with van der Waals surface area (Å²) in [6.45, 7) is 0.206. The highest BCUT2D eigenvalue weighted by Crippen LogP contribution is 2.31.